The van der Waals surface area contributed by atoms with Crippen LogP contribution in [0.4, 0.5) is 20.2 Å². The molecule has 1 fully saturated rings. The Labute approximate surface area is 194 Å². The van der Waals surface area contributed by atoms with E-state index in [9.17, 15) is 18.4 Å². The van der Waals surface area contributed by atoms with Gasteiger partial charge in [-0.05, 0) is 48.5 Å². The van der Waals surface area contributed by atoms with Crippen molar-refractivity contribution in [1.29, 1.82) is 0 Å². The Balaban J connectivity index is 1.39. The van der Waals surface area contributed by atoms with Crippen LogP contribution in [0.2, 0.25) is 0 Å². The molecule has 1 saturated heterocycles. The summed E-state index contributed by atoms with van der Waals surface area (Å²) in [5.74, 6) is -1.57. The van der Waals surface area contributed by atoms with Crippen molar-refractivity contribution in [3.05, 3.63) is 95.8 Å². The fourth-order valence-corrected chi connectivity index (χ4v) is 4.11. The normalized spacial score (nSPS) is 13.8. The number of carbonyl (C=O) groups excluding carboxylic acids is 2. The maximum absolute atomic E-state index is 14.2. The summed E-state index contributed by atoms with van der Waals surface area (Å²) in [7, 11) is 0. The van der Waals surface area contributed by atoms with Gasteiger partial charge in [0.1, 0.15) is 22.9 Å². The van der Waals surface area contributed by atoms with Gasteiger partial charge in [0.05, 0.1) is 5.69 Å². The van der Waals surface area contributed by atoms with Crippen LogP contribution in [0.15, 0.2) is 77.2 Å². The SMILES string of the molecule is O=C(Nc1c(C(=O)N2CCN(c3ccccc3F)CC2)oc2ccccc12)c1ccc(F)cc1. The predicted octanol–water partition coefficient (Wildman–Crippen LogP) is 4.93. The van der Waals surface area contributed by atoms with Gasteiger partial charge in [-0.15, -0.1) is 0 Å². The summed E-state index contributed by atoms with van der Waals surface area (Å²) < 4.78 is 33.3. The van der Waals surface area contributed by atoms with Crippen LogP contribution >= 0.6 is 0 Å². The first-order valence-corrected chi connectivity index (χ1v) is 10.9. The number of halogens is 2. The second-order valence-electron chi connectivity index (χ2n) is 7.99. The minimum atomic E-state index is -0.482. The molecule has 0 radical (unpaired) electrons. The van der Waals surface area contributed by atoms with Crippen LogP contribution in [-0.4, -0.2) is 42.9 Å². The fraction of sp³-hybridized carbons (Fsp3) is 0.154. The third kappa shape index (κ3) is 4.10. The monoisotopic (exact) mass is 461 g/mol. The highest BCUT2D eigenvalue weighted by Gasteiger charge is 2.29. The molecule has 8 heteroatoms. The fourth-order valence-electron chi connectivity index (χ4n) is 4.11. The molecule has 1 aliphatic rings. The number of amides is 2. The topological polar surface area (TPSA) is 65.8 Å². The maximum atomic E-state index is 14.2. The number of carbonyl (C=O) groups is 2. The molecule has 2 amide bonds. The molecule has 1 aromatic heterocycles. The molecular formula is C26H21F2N3O3. The van der Waals surface area contributed by atoms with Gasteiger partial charge in [-0.3, -0.25) is 9.59 Å². The van der Waals surface area contributed by atoms with E-state index in [-0.39, 0.29) is 28.7 Å². The highest BCUT2D eigenvalue weighted by atomic mass is 19.1. The Morgan fingerprint density at radius 1 is 0.824 bits per heavy atom. The average molecular weight is 461 g/mol. The van der Waals surface area contributed by atoms with Crippen molar-refractivity contribution in [3.63, 3.8) is 0 Å². The number of anilines is 2. The lowest BCUT2D eigenvalue weighted by Crippen LogP contribution is -2.49. The van der Waals surface area contributed by atoms with Crippen molar-refractivity contribution >= 4 is 34.2 Å². The summed E-state index contributed by atoms with van der Waals surface area (Å²) >= 11 is 0. The van der Waals surface area contributed by atoms with Crippen LogP contribution in [0.1, 0.15) is 20.9 Å². The Morgan fingerprint density at radius 2 is 1.50 bits per heavy atom. The van der Waals surface area contributed by atoms with Gasteiger partial charge in [0.25, 0.3) is 11.8 Å². The van der Waals surface area contributed by atoms with Crippen molar-refractivity contribution in [2.75, 3.05) is 36.4 Å². The number of rotatable bonds is 4. The number of nitrogens with zero attached hydrogens (tertiary/aromatic N) is 2. The van der Waals surface area contributed by atoms with E-state index >= 15 is 0 Å². The first-order valence-electron chi connectivity index (χ1n) is 10.9. The molecule has 0 aliphatic carbocycles. The first-order chi connectivity index (χ1) is 16.5. The van der Waals surface area contributed by atoms with Crippen molar-refractivity contribution in [3.8, 4) is 0 Å². The van der Waals surface area contributed by atoms with E-state index in [0.717, 1.165) is 0 Å². The Bertz CT molecular complexity index is 1360. The number of furan rings is 1. The second-order valence-corrected chi connectivity index (χ2v) is 7.99. The number of fused-ring (bicyclic) bond motifs is 1. The van der Waals surface area contributed by atoms with Crippen molar-refractivity contribution in [1.82, 2.24) is 4.90 Å². The molecule has 2 heterocycles. The zero-order valence-electron chi connectivity index (χ0n) is 18.1. The number of para-hydroxylation sites is 2. The lowest BCUT2D eigenvalue weighted by atomic mass is 10.1. The van der Waals surface area contributed by atoms with Crippen LogP contribution in [-0.2, 0) is 0 Å². The first kappa shape index (κ1) is 21.6. The van der Waals surface area contributed by atoms with Gasteiger partial charge in [-0.1, -0.05) is 24.3 Å². The van der Waals surface area contributed by atoms with Gasteiger partial charge >= 0.3 is 0 Å². The summed E-state index contributed by atoms with van der Waals surface area (Å²) in [4.78, 5) is 29.7. The third-order valence-electron chi connectivity index (χ3n) is 5.89. The largest absolute Gasteiger partial charge is 0.449 e. The molecule has 0 bridgehead atoms. The summed E-state index contributed by atoms with van der Waals surface area (Å²) in [5, 5.41) is 3.36. The van der Waals surface area contributed by atoms with Crippen molar-refractivity contribution in [2.45, 2.75) is 0 Å². The van der Waals surface area contributed by atoms with E-state index in [1.807, 2.05) is 4.90 Å². The summed E-state index contributed by atoms with van der Waals surface area (Å²) in [5.41, 5.74) is 1.49. The molecule has 34 heavy (non-hydrogen) atoms. The lowest BCUT2D eigenvalue weighted by molar-refractivity contribution is 0.0718. The number of hydrogen-bond donors (Lipinski definition) is 1. The van der Waals surface area contributed by atoms with Crippen molar-refractivity contribution < 1.29 is 22.8 Å². The Kier molecular flexibility index (Phi) is 5.71. The van der Waals surface area contributed by atoms with Crippen LogP contribution in [0.5, 0.6) is 0 Å². The molecule has 1 N–H and O–H groups in total. The molecule has 6 nitrogen and oxygen atoms in total. The molecule has 5 rings (SSSR count). The molecule has 0 spiro atoms. The van der Waals surface area contributed by atoms with Gasteiger partial charge in [-0.2, -0.15) is 0 Å². The van der Waals surface area contributed by atoms with E-state index in [0.29, 0.717) is 42.8 Å². The van der Waals surface area contributed by atoms with Crippen LogP contribution in [0.25, 0.3) is 11.0 Å². The van der Waals surface area contributed by atoms with E-state index in [4.69, 9.17) is 4.42 Å². The summed E-state index contributed by atoms with van der Waals surface area (Å²) in [6, 6.07) is 18.7. The van der Waals surface area contributed by atoms with Gasteiger partial charge in [0.15, 0.2) is 0 Å². The number of piperazine rings is 1. The Morgan fingerprint density at radius 3 is 2.24 bits per heavy atom. The zero-order chi connectivity index (χ0) is 23.7. The van der Waals surface area contributed by atoms with E-state index in [1.54, 1.807) is 47.4 Å². The van der Waals surface area contributed by atoms with Gasteiger partial charge < -0.3 is 19.5 Å². The van der Waals surface area contributed by atoms with Crippen molar-refractivity contribution in [2.24, 2.45) is 0 Å². The van der Waals surface area contributed by atoms with Gasteiger partial charge in [0.2, 0.25) is 5.76 Å². The summed E-state index contributed by atoms with van der Waals surface area (Å²) in [6.07, 6.45) is 0. The quantitative estimate of drug-likeness (QED) is 0.468. The molecule has 1 aliphatic heterocycles. The van der Waals surface area contributed by atoms with Crippen LogP contribution in [0.3, 0.4) is 0 Å². The van der Waals surface area contributed by atoms with Gasteiger partial charge in [-0.25, -0.2) is 8.78 Å². The third-order valence-corrected chi connectivity index (χ3v) is 5.89. The van der Waals surface area contributed by atoms with E-state index in [2.05, 4.69) is 5.32 Å². The summed E-state index contributed by atoms with van der Waals surface area (Å²) in [6.45, 7) is 1.67. The molecule has 0 atom stereocenters. The highest BCUT2D eigenvalue weighted by molar-refractivity contribution is 6.14. The minimum Gasteiger partial charge on any atom is -0.449 e. The molecule has 0 unspecified atom stereocenters. The Hall–Kier alpha value is -4.20. The molecule has 4 aromatic rings. The van der Waals surface area contributed by atoms with Gasteiger partial charge in [0, 0.05) is 37.1 Å². The standard InChI is InChI=1S/C26H21F2N3O3/c27-18-11-9-17(10-12-18)25(32)29-23-19-5-1-4-8-22(19)34-24(23)26(33)31-15-13-30(14-16-31)21-7-3-2-6-20(21)28/h1-12H,13-16H2,(H,29,32). The van der Waals surface area contributed by atoms with E-state index < -0.39 is 11.7 Å². The van der Waals surface area contributed by atoms with Crippen LogP contribution < -0.4 is 10.2 Å². The molecule has 172 valence electrons. The average Bonchev–Trinajstić information content (AvgIpc) is 3.23. The highest BCUT2D eigenvalue weighted by Crippen LogP contribution is 2.32. The lowest BCUT2D eigenvalue weighted by Gasteiger charge is -2.35. The van der Waals surface area contributed by atoms with Crippen LogP contribution in [0, 0.1) is 11.6 Å². The smallest absolute Gasteiger partial charge is 0.291 e. The minimum absolute atomic E-state index is 0.0241. The number of benzene rings is 3. The molecular weight excluding hydrogens is 440 g/mol. The van der Waals surface area contributed by atoms with E-state index in [1.165, 1.54) is 30.3 Å². The predicted molar refractivity (Wildman–Crippen MR) is 125 cm³/mol. The number of nitrogens with one attached hydrogen (secondary N) is 1. The zero-order valence-corrected chi connectivity index (χ0v) is 18.1. The second kappa shape index (κ2) is 8.97. The molecule has 3 aromatic carbocycles. The molecule has 0 saturated carbocycles. The number of hydrogen-bond acceptors (Lipinski definition) is 4. The maximum Gasteiger partial charge on any atom is 0.291 e.